The van der Waals surface area contributed by atoms with Gasteiger partial charge in [-0.25, -0.2) is 4.57 Å². The average molecular weight is 1200 g/mol. The summed E-state index contributed by atoms with van der Waals surface area (Å²) in [5, 5.41) is 0. The van der Waals surface area contributed by atoms with Gasteiger partial charge in [-0.05, 0) is 89.9 Å². The lowest BCUT2D eigenvalue weighted by atomic mass is 10.0. The summed E-state index contributed by atoms with van der Waals surface area (Å²) in [7, 11) is 1.46. The van der Waals surface area contributed by atoms with Crippen LogP contribution in [0.3, 0.4) is 0 Å². The number of esters is 2. The van der Waals surface area contributed by atoms with Gasteiger partial charge in [-0.1, -0.05) is 304 Å². The predicted molar refractivity (Wildman–Crippen MR) is 362 cm³/mol. The van der Waals surface area contributed by atoms with Gasteiger partial charge in [0.05, 0.1) is 27.7 Å². The van der Waals surface area contributed by atoms with Gasteiger partial charge < -0.3 is 18.9 Å². The van der Waals surface area contributed by atoms with Gasteiger partial charge in [-0.2, -0.15) is 0 Å². The van der Waals surface area contributed by atoms with Crippen LogP contribution in [0.2, 0.25) is 0 Å². The van der Waals surface area contributed by atoms with E-state index in [1.165, 1.54) is 205 Å². The first-order valence-electron chi connectivity index (χ1n) is 35.3. The van der Waals surface area contributed by atoms with E-state index in [0.717, 1.165) is 83.5 Å². The Morgan fingerprint density at radius 1 is 0.381 bits per heavy atom. The molecular weight excluding hydrogens is 1060 g/mol. The first-order chi connectivity index (χ1) is 41.0. The van der Waals surface area contributed by atoms with Crippen molar-refractivity contribution in [1.29, 1.82) is 0 Å². The summed E-state index contributed by atoms with van der Waals surface area (Å²) in [4.78, 5) is 35.8. The lowest BCUT2D eigenvalue weighted by Crippen LogP contribution is -2.37. The molecule has 0 radical (unpaired) electrons. The van der Waals surface area contributed by atoms with E-state index in [1.807, 2.05) is 21.1 Å². The van der Waals surface area contributed by atoms with Crippen molar-refractivity contribution >= 4 is 19.8 Å². The van der Waals surface area contributed by atoms with Gasteiger partial charge in [0.1, 0.15) is 19.8 Å². The second-order valence-electron chi connectivity index (χ2n) is 24.9. The molecule has 1 N–H and O–H groups in total. The Morgan fingerprint density at radius 3 is 1.02 bits per heavy atom. The van der Waals surface area contributed by atoms with Gasteiger partial charge in [0.2, 0.25) is 0 Å². The highest BCUT2D eigenvalue weighted by Crippen LogP contribution is 2.43. The number of likely N-dealkylation sites (N-methyl/N-ethyl adjacent to an activating group) is 1. The van der Waals surface area contributed by atoms with Crippen LogP contribution in [0.1, 0.15) is 322 Å². The van der Waals surface area contributed by atoms with E-state index in [1.54, 1.807) is 0 Å². The minimum absolute atomic E-state index is 0.0237. The number of rotatable bonds is 65. The zero-order valence-corrected chi connectivity index (χ0v) is 56.5. The molecule has 0 spiro atoms. The monoisotopic (exact) mass is 1200 g/mol. The summed E-state index contributed by atoms with van der Waals surface area (Å²) >= 11 is 0. The molecule has 2 unspecified atom stereocenters. The first kappa shape index (κ1) is 81.2. The van der Waals surface area contributed by atoms with Crippen LogP contribution in [0.4, 0.5) is 0 Å². The number of carbonyl (C=O) groups is 2. The minimum atomic E-state index is -4.40. The SMILES string of the molecule is CC/C=C\C/C=C\C/C=C\C/C=C\C/C=C\C/C=C\CCCCCCC(=O)OC(COC(=O)CCCCCCCCCCCCCCCCCCCCCCCCCCC/C=C\CCCCCCCCCC)COP(=O)(O)OCC[N+](C)(C)C. The third-order valence-corrected chi connectivity index (χ3v) is 16.4. The summed E-state index contributed by atoms with van der Waals surface area (Å²) in [6.07, 6.45) is 88.5. The molecule has 0 fully saturated rings. The second-order valence-corrected chi connectivity index (χ2v) is 26.3. The number of carbonyl (C=O) groups excluding carboxylic acids is 2. The van der Waals surface area contributed by atoms with Crippen LogP contribution in [0.25, 0.3) is 0 Å². The van der Waals surface area contributed by atoms with Crippen molar-refractivity contribution in [3.05, 3.63) is 85.1 Å². The topological polar surface area (TPSA) is 108 Å². The van der Waals surface area contributed by atoms with E-state index in [9.17, 15) is 19.0 Å². The van der Waals surface area contributed by atoms with Gasteiger partial charge in [-0.15, -0.1) is 0 Å². The number of phosphoric acid groups is 1. The average Bonchev–Trinajstić information content (AvgIpc) is 3.61. The molecule has 2 atom stereocenters. The molecular formula is C74H135NO8P+. The highest BCUT2D eigenvalue weighted by molar-refractivity contribution is 7.47. The van der Waals surface area contributed by atoms with Crippen LogP contribution < -0.4 is 0 Å². The molecule has 84 heavy (non-hydrogen) atoms. The van der Waals surface area contributed by atoms with E-state index < -0.39 is 26.5 Å². The lowest BCUT2D eigenvalue weighted by molar-refractivity contribution is -0.870. The zero-order valence-electron chi connectivity index (χ0n) is 55.6. The number of phosphoric ester groups is 1. The fourth-order valence-corrected chi connectivity index (χ4v) is 10.8. The molecule has 0 heterocycles. The minimum Gasteiger partial charge on any atom is -0.462 e. The standard InChI is InChI=1S/C74H134NO8P/c1-6-8-10-12-14-16-18-20-22-24-26-28-30-31-32-33-34-35-36-37-38-39-40-41-42-43-45-46-48-50-52-54-56-58-60-62-64-66-73(76)80-70-72(71-82-84(78,79)81-69-68-75(3,4)5)83-74(77)67-65-63-61-59-57-55-53-51-49-47-44-29-27-25-23-21-19-17-15-13-11-9-7-2/h9,11,15,17,21,23-24,26-27,29,47,49,53,55,72H,6-8,10,12-14,16,18-20,22,25,28,30-46,48,50-52,54,56-71H2,1-5H3/p+1/b11-9-,17-15-,23-21-,26-24-,29-27-,49-47-,55-53-. The Labute approximate surface area is 520 Å². The second kappa shape index (κ2) is 64.7. The summed E-state index contributed by atoms with van der Waals surface area (Å²) in [5.41, 5.74) is 0. The van der Waals surface area contributed by atoms with Gasteiger partial charge in [-0.3, -0.25) is 18.6 Å². The molecule has 10 heteroatoms. The van der Waals surface area contributed by atoms with E-state index in [-0.39, 0.29) is 32.0 Å². The third-order valence-electron chi connectivity index (χ3n) is 15.4. The summed E-state index contributed by atoms with van der Waals surface area (Å²) in [6, 6.07) is 0. The molecule has 0 aromatic carbocycles. The number of allylic oxidation sites excluding steroid dienone is 14. The number of nitrogens with zero attached hydrogens (tertiary/aromatic N) is 1. The highest BCUT2D eigenvalue weighted by atomic mass is 31.2. The first-order valence-corrected chi connectivity index (χ1v) is 36.8. The van der Waals surface area contributed by atoms with Crippen LogP contribution in [-0.4, -0.2) is 74.9 Å². The predicted octanol–water partition coefficient (Wildman–Crippen LogP) is 22.9. The van der Waals surface area contributed by atoms with Crippen LogP contribution in [-0.2, 0) is 32.7 Å². The Kier molecular flexibility index (Phi) is 62.5. The molecule has 0 aliphatic carbocycles. The molecule has 0 saturated carbocycles. The van der Waals surface area contributed by atoms with E-state index in [4.69, 9.17) is 18.5 Å². The van der Waals surface area contributed by atoms with E-state index in [0.29, 0.717) is 17.4 Å². The van der Waals surface area contributed by atoms with E-state index in [2.05, 4.69) is 98.9 Å². The van der Waals surface area contributed by atoms with E-state index >= 15 is 0 Å². The fraction of sp³-hybridized carbons (Fsp3) is 0.784. The molecule has 0 aromatic rings. The Morgan fingerprint density at radius 2 is 0.679 bits per heavy atom. The third kappa shape index (κ3) is 68.3. The van der Waals surface area contributed by atoms with Crippen molar-refractivity contribution in [2.24, 2.45) is 0 Å². The number of ether oxygens (including phenoxy) is 2. The van der Waals surface area contributed by atoms with Crippen molar-refractivity contribution < 1.29 is 42.1 Å². The van der Waals surface area contributed by atoms with Crippen molar-refractivity contribution in [2.45, 2.75) is 328 Å². The molecule has 0 amide bonds. The summed E-state index contributed by atoms with van der Waals surface area (Å²) in [5.74, 6) is -0.819. The van der Waals surface area contributed by atoms with Crippen LogP contribution in [0, 0.1) is 0 Å². The molecule has 0 bridgehead atoms. The maximum atomic E-state index is 12.8. The molecule has 0 aliphatic heterocycles. The zero-order chi connectivity index (χ0) is 61.2. The lowest BCUT2D eigenvalue weighted by Gasteiger charge is -2.24. The Bertz CT molecular complexity index is 1690. The summed E-state index contributed by atoms with van der Waals surface area (Å²) in [6.45, 7) is 4.32. The molecule has 0 aromatic heterocycles. The fourth-order valence-electron chi connectivity index (χ4n) is 10.0. The molecule has 0 saturated heterocycles. The van der Waals surface area contributed by atoms with Gasteiger partial charge in [0.15, 0.2) is 6.10 Å². The van der Waals surface area contributed by atoms with Gasteiger partial charge in [0, 0.05) is 12.8 Å². The van der Waals surface area contributed by atoms with Crippen LogP contribution >= 0.6 is 7.82 Å². The summed E-state index contributed by atoms with van der Waals surface area (Å²) < 4.78 is 34.7. The molecule has 0 rings (SSSR count). The quantitative estimate of drug-likeness (QED) is 0.0211. The largest absolute Gasteiger partial charge is 0.472 e. The number of hydrogen-bond donors (Lipinski definition) is 1. The number of quaternary nitrogens is 1. The molecule has 9 nitrogen and oxygen atoms in total. The van der Waals surface area contributed by atoms with Crippen LogP contribution in [0.5, 0.6) is 0 Å². The van der Waals surface area contributed by atoms with Crippen molar-refractivity contribution in [3.63, 3.8) is 0 Å². The number of hydrogen-bond acceptors (Lipinski definition) is 7. The van der Waals surface area contributed by atoms with Gasteiger partial charge >= 0.3 is 19.8 Å². The van der Waals surface area contributed by atoms with Crippen molar-refractivity contribution in [2.75, 3.05) is 47.5 Å². The Balaban J connectivity index is 3.99. The van der Waals surface area contributed by atoms with Gasteiger partial charge in [0.25, 0.3) is 0 Å². The maximum absolute atomic E-state index is 12.8. The smallest absolute Gasteiger partial charge is 0.462 e. The van der Waals surface area contributed by atoms with Crippen molar-refractivity contribution in [1.82, 2.24) is 0 Å². The van der Waals surface area contributed by atoms with Crippen molar-refractivity contribution in [3.8, 4) is 0 Å². The maximum Gasteiger partial charge on any atom is 0.472 e. The highest BCUT2D eigenvalue weighted by Gasteiger charge is 2.27. The Hall–Kier alpha value is -2.81. The normalized spacial score (nSPS) is 13.6. The molecule has 488 valence electrons. The van der Waals surface area contributed by atoms with Crippen LogP contribution in [0.15, 0.2) is 85.1 Å². The number of unbranched alkanes of at least 4 members (excludes halogenated alkanes) is 37. The molecule has 0 aliphatic rings.